The molecule has 1 N–H and O–H groups in total. The Morgan fingerprint density at radius 3 is 2.61 bits per heavy atom. The molecule has 18 heavy (non-hydrogen) atoms. The first kappa shape index (κ1) is 13.4. The average Bonchev–Trinajstić information content (AvgIpc) is 2.68. The lowest BCUT2D eigenvalue weighted by atomic mass is 10.1. The first-order valence-electron chi connectivity index (χ1n) is 6.21. The second kappa shape index (κ2) is 5.28. The van der Waals surface area contributed by atoms with Crippen LogP contribution in [0.2, 0.25) is 0 Å². The van der Waals surface area contributed by atoms with Crippen LogP contribution in [-0.2, 0) is 0 Å². The van der Waals surface area contributed by atoms with Gasteiger partial charge in [0.25, 0.3) is 5.91 Å². The lowest BCUT2D eigenvalue weighted by Gasteiger charge is -2.36. The smallest absolute Gasteiger partial charge is 0.267 e. The van der Waals surface area contributed by atoms with Crippen LogP contribution in [0.15, 0.2) is 6.07 Å². The van der Waals surface area contributed by atoms with Gasteiger partial charge in [-0.15, -0.1) is 11.3 Å². The van der Waals surface area contributed by atoms with E-state index in [-0.39, 0.29) is 5.91 Å². The Labute approximate surface area is 112 Å². The first-order valence-corrected chi connectivity index (χ1v) is 7.02. The minimum Gasteiger partial charge on any atom is -0.495 e. The van der Waals surface area contributed by atoms with Crippen molar-refractivity contribution in [2.45, 2.75) is 32.9 Å². The lowest BCUT2D eigenvalue weighted by Crippen LogP contribution is -2.55. The van der Waals surface area contributed by atoms with E-state index in [1.165, 1.54) is 11.3 Å². The Balaban J connectivity index is 2.19. The topological polar surface area (TPSA) is 41.6 Å². The molecule has 2 rings (SSSR count). The van der Waals surface area contributed by atoms with Gasteiger partial charge in [0.2, 0.25) is 0 Å². The second-order valence-electron chi connectivity index (χ2n) is 4.93. The average molecular weight is 268 g/mol. The van der Waals surface area contributed by atoms with Crippen molar-refractivity contribution in [1.29, 1.82) is 0 Å². The number of hydrogen-bond donors (Lipinski definition) is 1. The molecule has 4 nitrogen and oxygen atoms in total. The highest BCUT2D eigenvalue weighted by Gasteiger charge is 2.28. The third kappa shape index (κ3) is 2.67. The van der Waals surface area contributed by atoms with Crippen LogP contribution in [0.25, 0.3) is 0 Å². The highest BCUT2D eigenvalue weighted by Crippen LogP contribution is 2.30. The molecule has 5 heteroatoms. The van der Waals surface area contributed by atoms with Crippen LogP contribution < -0.4 is 10.1 Å². The van der Waals surface area contributed by atoms with Gasteiger partial charge < -0.3 is 15.0 Å². The molecule has 1 aliphatic heterocycles. The van der Waals surface area contributed by atoms with Gasteiger partial charge in [0.05, 0.1) is 7.11 Å². The molecule has 2 heterocycles. The molecule has 100 valence electrons. The van der Waals surface area contributed by atoms with Crippen molar-refractivity contribution in [2.75, 3.05) is 20.2 Å². The summed E-state index contributed by atoms with van der Waals surface area (Å²) in [5.74, 6) is 0.784. The van der Waals surface area contributed by atoms with Crippen LogP contribution in [0.4, 0.5) is 0 Å². The predicted octanol–water partition coefficient (Wildman–Crippen LogP) is 1.89. The largest absolute Gasteiger partial charge is 0.495 e. The number of nitrogens with one attached hydrogen (secondary N) is 1. The van der Waals surface area contributed by atoms with Crippen LogP contribution in [0.5, 0.6) is 5.75 Å². The molecule has 0 spiro atoms. The number of ether oxygens (including phenoxy) is 1. The van der Waals surface area contributed by atoms with E-state index in [4.69, 9.17) is 4.74 Å². The zero-order valence-corrected chi connectivity index (χ0v) is 12.1. The molecule has 1 aromatic rings. The van der Waals surface area contributed by atoms with Gasteiger partial charge in [0.1, 0.15) is 10.6 Å². The minimum absolute atomic E-state index is 0.0881. The third-order valence-corrected chi connectivity index (χ3v) is 4.10. The Morgan fingerprint density at radius 1 is 1.44 bits per heavy atom. The number of carbonyl (C=O) groups is 1. The first-order chi connectivity index (χ1) is 8.51. The molecule has 0 aromatic carbocycles. The maximum Gasteiger partial charge on any atom is 0.267 e. The predicted molar refractivity (Wildman–Crippen MR) is 73.6 cm³/mol. The van der Waals surface area contributed by atoms with E-state index in [1.54, 1.807) is 7.11 Å². The van der Waals surface area contributed by atoms with E-state index in [0.29, 0.717) is 17.8 Å². The Bertz CT molecular complexity index is 434. The van der Waals surface area contributed by atoms with Crippen LogP contribution in [0.1, 0.15) is 28.4 Å². The number of thiophene rings is 1. The van der Waals surface area contributed by atoms with Gasteiger partial charge in [-0.25, -0.2) is 0 Å². The van der Waals surface area contributed by atoms with Gasteiger partial charge >= 0.3 is 0 Å². The van der Waals surface area contributed by atoms with Gasteiger partial charge in [-0.3, -0.25) is 4.79 Å². The van der Waals surface area contributed by atoms with E-state index < -0.39 is 0 Å². The maximum absolute atomic E-state index is 12.5. The van der Waals surface area contributed by atoms with Crippen LogP contribution in [0.3, 0.4) is 0 Å². The summed E-state index contributed by atoms with van der Waals surface area (Å²) in [5, 5.41) is 3.43. The molecular weight excluding hydrogens is 248 g/mol. The molecule has 1 fully saturated rings. The molecule has 0 unspecified atom stereocenters. The van der Waals surface area contributed by atoms with Crippen LogP contribution >= 0.6 is 11.3 Å². The van der Waals surface area contributed by atoms with Crippen LogP contribution in [0, 0.1) is 6.92 Å². The Kier molecular flexibility index (Phi) is 3.92. The number of amides is 1. The normalized spacial score (nSPS) is 24.1. The highest BCUT2D eigenvalue weighted by atomic mass is 32.1. The maximum atomic E-state index is 12.5. The molecule has 0 saturated carbocycles. The number of aryl methyl sites for hydroxylation is 1. The van der Waals surface area contributed by atoms with Gasteiger partial charge in [0, 0.05) is 30.1 Å². The Morgan fingerprint density at radius 2 is 2.06 bits per heavy atom. The number of rotatable bonds is 2. The molecule has 0 aliphatic carbocycles. The monoisotopic (exact) mass is 268 g/mol. The summed E-state index contributed by atoms with van der Waals surface area (Å²) < 4.78 is 5.28. The quantitative estimate of drug-likeness (QED) is 0.890. The molecule has 2 atom stereocenters. The third-order valence-electron chi connectivity index (χ3n) is 3.08. The van der Waals surface area contributed by atoms with E-state index in [2.05, 4.69) is 19.2 Å². The number of carbonyl (C=O) groups excluding carboxylic acids is 1. The van der Waals surface area contributed by atoms with Crippen LogP contribution in [-0.4, -0.2) is 43.1 Å². The van der Waals surface area contributed by atoms with Gasteiger partial charge in [0.15, 0.2) is 0 Å². The van der Waals surface area contributed by atoms with E-state index in [9.17, 15) is 4.79 Å². The minimum atomic E-state index is 0.0881. The van der Waals surface area contributed by atoms with Gasteiger partial charge in [-0.05, 0) is 26.8 Å². The van der Waals surface area contributed by atoms with Crippen molar-refractivity contribution >= 4 is 17.2 Å². The molecule has 0 bridgehead atoms. The molecule has 1 aliphatic rings. The SMILES string of the molecule is COc1cc(C)sc1C(=O)N1C[C@@H](C)N[C@H](C)C1. The Hall–Kier alpha value is -1.07. The zero-order chi connectivity index (χ0) is 13.3. The van der Waals surface area contributed by atoms with E-state index >= 15 is 0 Å². The molecular formula is C13H20N2O2S. The lowest BCUT2D eigenvalue weighted by molar-refractivity contribution is 0.0675. The van der Waals surface area contributed by atoms with Crippen molar-refractivity contribution < 1.29 is 9.53 Å². The number of piperazine rings is 1. The number of hydrogen-bond acceptors (Lipinski definition) is 4. The standard InChI is InChI=1S/C13H20N2O2S/c1-8-6-15(7-9(2)14-8)13(16)12-11(17-4)5-10(3)18-12/h5,8-9,14H,6-7H2,1-4H3/t8-,9-/m1/s1. The summed E-state index contributed by atoms with van der Waals surface area (Å²) in [6.07, 6.45) is 0. The van der Waals surface area contributed by atoms with Crippen molar-refractivity contribution in [2.24, 2.45) is 0 Å². The summed E-state index contributed by atoms with van der Waals surface area (Å²) in [6.45, 7) is 7.71. The summed E-state index contributed by atoms with van der Waals surface area (Å²) in [7, 11) is 1.61. The highest BCUT2D eigenvalue weighted by molar-refractivity contribution is 7.14. The van der Waals surface area contributed by atoms with E-state index in [1.807, 2.05) is 17.9 Å². The number of nitrogens with zero attached hydrogens (tertiary/aromatic N) is 1. The van der Waals surface area contributed by atoms with E-state index in [0.717, 1.165) is 22.8 Å². The fraction of sp³-hybridized carbons (Fsp3) is 0.615. The molecule has 1 aromatic heterocycles. The number of methoxy groups -OCH3 is 1. The molecule has 1 saturated heterocycles. The van der Waals surface area contributed by atoms with Crippen molar-refractivity contribution in [3.8, 4) is 5.75 Å². The zero-order valence-electron chi connectivity index (χ0n) is 11.3. The fourth-order valence-electron chi connectivity index (χ4n) is 2.43. The van der Waals surface area contributed by atoms with Gasteiger partial charge in [-0.2, -0.15) is 0 Å². The fourth-order valence-corrected chi connectivity index (χ4v) is 3.38. The second-order valence-corrected chi connectivity index (χ2v) is 6.19. The summed E-state index contributed by atoms with van der Waals surface area (Å²) in [4.78, 5) is 16.3. The van der Waals surface area contributed by atoms with Crippen molar-refractivity contribution in [3.05, 3.63) is 15.8 Å². The summed E-state index contributed by atoms with van der Waals surface area (Å²) in [6, 6.07) is 2.60. The van der Waals surface area contributed by atoms with Crippen molar-refractivity contribution in [3.63, 3.8) is 0 Å². The van der Waals surface area contributed by atoms with Crippen molar-refractivity contribution in [1.82, 2.24) is 10.2 Å². The summed E-state index contributed by atoms with van der Waals surface area (Å²) in [5.41, 5.74) is 0. The molecule has 0 radical (unpaired) electrons. The van der Waals surface area contributed by atoms with Gasteiger partial charge in [-0.1, -0.05) is 0 Å². The molecule has 1 amide bonds. The summed E-state index contributed by atoms with van der Waals surface area (Å²) >= 11 is 1.51.